The van der Waals surface area contributed by atoms with Gasteiger partial charge in [0.05, 0.1) is 18.4 Å². The van der Waals surface area contributed by atoms with Crippen LogP contribution in [0.5, 0.6) is 0 Å². The number of furan rings is 1. The first-order valence-corrected chi connectivity index (χ1v) is 9.83. The van der Waals surface area contributed by atoms with E-state index >= 15 is 0 Å². The molecule has 9 heteroatoms. The molecule has 0 atom stereocenters. The van der Waals surface area contributed by atoms with Crippen molar-refractivity contribution < 1.29 is 23.5 Å². The molecule has 0 spiro atoms. The van der Waals surface area contributed by atoms with Crippen molar-refractivity contribution in [3.05, 3.63) is 39.7 Å². The minimum absolute atomic E-state index is 0.234. The largest absolute Gasteiger partial charge is 0.462 e. The molecule has 2 N–H and O–H groups in total. The Morgan fingerprint density at radius 1 is 1.25 bits per heavy atom. The van der Waals surface area contributed by atoms with Gasteiger partial charge in [-0.3, -0.25) is 9.59 Å². The zero-order valence-electron chi connectivity index (χ0n) is 15.7. The lowest BCUT2D eigenvalue weighted by Gasteiger charge is -2.12. The van der Waals surface area contributed by atoms with Gasteiger partial charge in [0.25, 0.3) is 0 Å². The zero-order chi connectivity index (χ0) is 20.1. The molecule has 0 saturated heterocycles. The van der Waals surface area contributed by atoms with E-state index in [0.717, 1.165) is 36.1 Å². The van der Waals surface area contributed by atoms with Gasteiger partial charge in [-0.15, -0.1) is 11.3 Å². The number of carbonyl (C=O) groups is 3. The molecular formula is C19H21N3O5S. The SMILES string of the molecule is CCOC(=O)c1c(NC(=O)C(=O)N/N=C/c2ccc(C)o2)sc2c1CCCC2. The highest BCUT2D eigenvalue weighted by molar-refractivity contribution is 7.17. The summed E-state index contributed by atoms with van der Waals surface area (Å²) >= 11 is 1.32. The lowest BCUT2D eigenvalue weighted by Crippen LogP contribution is -2.32. The summed E-state index contributed by atoms with van der Waals surface area (Å²) in [7, 11) is 0. The van der Waals surface area contributed by atoms with E-state index in [4.69, 9.17) is 9.15 Å². The second-order valence-electron chi connectivity index (χ2n) is 6.24. The molecule has 0 radical (unpaired) electrons. The Hall–Kier alpha value is -2.94. The molecule has 1 aliphatic carbocycles. The van der Waals surface area contributed by atoms with Crippen LogP contribution in [0.15, 0.2) is 21.7 Å². The molecule has 0 fully saturated rings. The quantitative estimate of drug-likeness (QED) is 0.345. The zero-order valence-corrected chi connectivity index (χ0v) is 16.5. The standard InChI is InChI=1S/C19H21N3O5S/c1-3-26-19(25)15-13-6-4-5-7-14(13)28-18(15)21-16(23)17(24)22-20-10-12-9-8-11(2)27-12/h8-10H,3-7H2,1-2H3,(H,21,23)(H,22,24)/b20-10+. The van der Waals surface area contributed by atoms with E-state index in [-0.39, 0.29) is 6.61 Å². The summed E-state index contributed by atoms with van der Waals surface area (Å²) in [5.74, 6) is -1.17. The second kappa shape index (κ2) is 8.83. The first-order valence-electron chi connectivity index (χ1n) is 9.02. The molecular weight excluding hydrogens is 382 g/mol. The maximum absolute atomic E-state index is 12.4. The van der Waals surface area contributed by atoms with Crippen molar-refractivity contribution in [2.45, 2.75) is 39.5 Å². The Balaban J connectivity index is 1.70. The van der Waals surface area contributed by atoms with E-state index in [1.165, 1.54) is 17.6 Å². The molecule has 28 heavy (non-hydrogen) atoms. The third kappa shape index (κ3) is 4.48. The van der Waals surface area contributed by atoms with Crippen molar-refractivity contribution in [1.29, 1.82) is 0 Å². The highest BCUT2D eigenvalue weighted by atomic mass is 32.1. The van der Waals surface area contributed by atoms with Gasteiger partial charge in [-0.1, -0.05) is 0 Å². The van der Waals surface area contributed by atoms with E-state index in [9.17, 15) is 14.4 Å². The average Bonchev–Trinajstić information content (AvgIpc) is 3.24. The van der Waals surface area contributed by atoms with Gasteiger partial charge in [-0.2, -0.15) is 5.10 Å². The summed E-state index contributed by atoms with van der Waals surface area (Å²) < 4.78 is 10.4. The van der Waals surface area contributed by atoms with Gasteiger partial charge in [-0.25, -0.2) is 10.2 Å². The molecule has 2 amide bonds. The summed E-state index contributed by atoms with van der Waals surface area (Å²) in [6.07, 6.45) is 4.91. The number of nitrogens with one attached hydrogen (secondary N) is 2. The van der Waals surface area contributed by atoms with Gasteiger partial charge in [0.15, 0.2) is 0 Å². The number of thiophene rings is 1. The topological polar surface area (TPSA) is 110 Å². The molecule has 8 nitrogen and oxygen atoms in total. The fourth-order valence-electron chi connectivity index (χ4n) is 2.96. The lowest BCUT2D eigenvalue weighted by molar-refractivity contribution is -0.136. The van der Waals surface area contributed by atoms with Crippen LogP contribution in [0.4, 0.5) is 5.00 Å². The third-order valence-corrected chi connectivity index (χ3v) is 5.41. The Morgan fingerprint density at radius 3 is 2.75 bits per heavy atom. The average molecular weight is 403 g/mol. The summed E-state index contributed by atoms with van der Waals surface area (Å²) in [6.45, 7) is 3.74. The van der Waals surface area contributed by atoms with E-state index in [2.05, 4.69) is 15.8 Å². The predicted octanol–water partition coefficient (Wildman–Crippen LogP) is 2.79. The maximum Gasteiger partial charge on any atom is 0.341 e. The van der Waals surface area contributed by atoms with Crippen LogP contribution in [0.3, 0.4) is 0 Å². The molecule has 0 saturated carbocycles. The van der Waals surface area contributed by atoms with Gasteiger partial charge < -0.3 is 14.5 Å². The maximum atomic E-state index is 12.4. The number of amides is 2. The number of nitrogens with zero attached hydrogens (tertiary/aromatic N) is 1. The van der Waals surface area contributed by atoms with Crippen LogP contribution in [0.2, 0.25) is 0 Å². The summed E-state index contributed by atoms with van der Waals surface area (Å²) in [5, 5.41) is 6.57. The molecule has 2 heterocycles. The molecule has 148 valence electrons. The highest BCUT2D eigenvalue weighted by Crippen LogP contribution is 2.38. The Labute approximate surface area is 165 Å². The van der Waals surface area contributed by atoms with Gasteiger partial charge in [0, 0.05) is 4.88 Å². The van der Waals surface area contributed by atoms with Crippen molar-refractivity contribution in [1.82, 2.24) is 5.43 Å². The van der Waals surface area contributed by atoms with Crippen molar-refractivity contribution in [3.8, 4) is 0 Å². The van der Waals surface area contributed by atoms with Crippen LogP contribution in [0.25, 0.3) is 0 Å². The molecule has 1 aliphatic rings. The minimum Gasteiger partial charge on any atom is -0.462 e. The summed E-state index contributed by atoms with van der Waals surface area (Å²) in [4.78, 5) is 37.7. The van der Waals surface area contributed by atoms with Crippen molar-refractivity contribution in [2.24, 2.45) is 5.10 Å². The van der Waals surface area contributed by atoms with E-state index < -0.39 is 17.8 Å². The summed E-state index contributed by atoms with van der Waals surface area (Å²) in [6, 6.07) is 3.44. The number of carbonyl (C=O) groups excluding carboxylic acids is 3. The van der Waals surface area contributed by atoms with Gasteiger partial charge in [0.2, 0.25) is 0 Å². The molecule has 0 unspecified atom stereocenters. The number of fused-ring (bicyclic) bond motifs is 1. The van der Waals surface area contributed by atoms with Crippen LogP contribution < -0.4 is 10.7 Å². The number of hydrogen-bond acceptors (Lipinski definition) is 7. The number of esters is 1. The Bertz CT molecular complexity index is 928. The number of aryl methyl sites for hydroxylation is 2. The fraction of sp³-hybridized carbons (Fsp3) is 0.368. The molecule has 0 aliphatic heterocycles. The molecule has 2 aromatic heterocycles. The normalized spacial score (nSPS) is 13.2. The van der Waals surface area contributed by atoms with Crippen molar-refractivity contribution in [2.75, 3.05) is 11.9 Å². The minimum atomic E-state index is -0.944. The van der Waals surface area contributed by atoms with Gasteiger partial charge in [0.1, 0.15) is 16.5 Å². The third-order valence-electron chi connectivity index (χ3n) is 4.20. The van der Waals surface area contributed by atoms with Gasteiger partial charge in [-0.05, 0) is 57.2 Å². The smallest absolute Gasteiger partial charge is 0.341 e. The van der Waals surface area contributed by atoms with Crippen molar-refractivity contribution >= 4 is 40.3 Å². The Morgan fingerprint density at radius 2 is 2.04 bits per heavy atom. The van der Waals surface area contributed by atoms with Crippen molar-refractivity contribution in [3.63, 3.8) is 0 Å². The molecule has 0 bridgehead atoms. The van der Waals surface area contributed by atoms with E-state index in [0.29, 0.717) is 22.1 Å². The highest BCUT2D eigenvalue weighted by Gasteiger charge is 2.28. The van der Waals surface area contributed by atoms with Crippen LogP contribution in [0.1, 0.15) is 52.1 Å². The molecule has 0 aromatic carbocycles. The summed E-state index contributed by atoms with van der Waals surface area (Å²) in [5.41, 5.74) is 3.42. The van der Waals surface area contributed by atoms with Crippen LogP contribution in [0, 0.1) is 6.92 Å². The van der Waals surface area contributed by atoms with Gasteiger partial charge >= 0.3 is 17.8 Å². The fourth-order valence-corrected chi connectivity index (χ4v) is 4.23. The second-order valence-corrected chi connectivity index (χ2v) is 7.34. The van der Waals surface area contributed by atoms with E-state index in [1.54, 1.807) is 26.0 Å². The van der Waals surface area contributed by atoms with Crippen LogP contribution >= 0.6 is 11.3 Å². The number of hydrazone groups is 1. The number of anilines is 1. The monoisotopic (exact) mass is 403 g/mol. The number of rotatable bonds is 5. The lowest BCUT2D eigenvalue weighted by atomic mass is 9.95. The number of ether oxygens (including phenoxy) is 1. The molecule has 3 rings (SSSR count). The number of hydrogen-bond donors (Lipinski definition) is 2. The first kappa shape index (κ1) is 19.8. The predicted molar refractivity (Wildman–Crippen MR) is 105 cm³/mol. The Kier molecular flexibility index (Phi) is 6.25. The van der Waals surface area contributed by atoms with E-state index in [1.807, 2.05) is 0 Å². The van der Waals surface area contributed by atoms with Crippen LogP contribution in [-0.4, -0.2) is 30.6 Å². The first-order chi connectivity index (χ1) is 13.5. The van der Waals surface area contributed by atoms with Crippen LogP contribution in [-0.2, 0) is 27.2 Å². The molecule has 2 aromatic rings.